The van der Waals surface area contributed by atoms with Crippen LogP contribution in [0.25, 0.3) is 10.1 Å². The molecule has 2 heterocycles. The van der Waals surface area contributed by atoms with Crippen molar-refractivity contribution < 1.29 is 27.9 Å². The van der Waals surface area contributed by atoms with Gasteiger partial charge in [-0.1, -0.05) is 32.0 Å². The summed E-state index contributed by atoms with van der Waals surface area (Å²) in [5.74, 6) is -1.24. The van der Waals surface area contributed by atoms with Gasteiger partial charge in [0.05, 0.1) is 12.1 Å². The summed E-state index contributed by atoms with van der Waals surface area (Å²) in [6, 6.07) is 3.98. The maximum absolute atomic E-state index is 13.4. The molecule has 6 nitrogen and oxygen atoms in total. The number of alkyl halides is 3. The van der Waals surface area contributed by atoms with Gasteiger partial charge in [0.15, 0.2) is 6.10 Å². The molecule has 33 heavy (non-hydrogen) atoms. The molecule has 1 fully saturated rings. The molecule has 4 atom stereocenters. The van der Waals surface area contributed by atoms with E-state index in [0.29, 0.717) is 24.9 Å². The molecule has 1 aliphatic heterocycles. The highest BCUT2D eigenvalue weighted by molar-refractivity contribution is 7.17. The molecular formula is C22H29ClF3N3O3S. The van der Waals surface area contributed by atoms with E-state index >= 15 is 0 Å². The van der Waals surface area contributed by atoms with Gasteiger partial charge in [-0.05, 0) is 47.6 Å². The highest BCUT2D eigenvalue weighted by atomic mass is 35.5. The minimum absolute atomic E-state index is 0. The molecule has 2 aromatic rings. The van der Waals surface area contributed by atoms with Gasteiger partial charge in [-0.15, -0.1) is 23.7 Å². The Balaban J connectivity index is 0.00000385. The fourth-order valence-electron chi connectivity index (χ4n) is 3.96. The van der Waals surface area contributed by atoms with Gasteiger partial charge in [-0.25, -0.2) is 0 Å². The van der Waals surface area contributed by atoms with Crippen molar-refractivity contribution in [2.45, 2.75) is 63.5 Å². The average Bonchev–Trinajstić information content (AvgIpc) is 3.38. The quantitative estimate of drug-likeness (QED) is 0.536. The number of hydrogen-bond donors (Lipinski definition) is 3. The van der Waals surface area contributed by atoms with E-state index in [0.717, 1.165) is 10.1 Å². The number of likely N-dealkylation sites (tertiary alicyclic amines) is 1. The Hall–Kier alpha value is -1.88. The lowest BCUT2D eigenvalue weighted by atomic mass is 9.99. The van der Waals surface area contributed by atoms with E-state index in [-0.39, 0.29) is 24.7 Å². The number of thiophene rings is 1. The number of halogens is 4. The molecule has 1 aliphatic rings. The lowest BCUT2D eigenvalue weighted by molar-refractivity contribution is -0.212. The maximum Gasteiger partial charge on any atom is 0.416 e. The Bertz CT molecular complexity index is 969. The number of fused-ring (bicyclic) bond motifs is 1. The smallest absolute Gasteiger partial charge is 0.382 e. The van der Waals surface area contributed by atoms with Crippen LogP contribution in [-0.4, -0.2) is 58.8 Å². The van der Waals surface area contributed by atoms with Crippen molar-refractivity contribution in [3.63, 3.8) is 0 Å². The standard InChI is InChI=1S/C22H28F3N3O3S.ClH/c1-12(2)18(26)21(31)28-9-5-7-16(28)20(30)27-15(19(29)22(23,24)25)10-13-11-32-17-8-4-3-6-14(13)17;/h3-4,6,8,11-12,15-16,18-19,29H,5,7,9-10,26H2,1-2H3,(H,27,30);1H/t15-,16-,18-,19-;/m0./s1. The number of hydrogen-bond acceptors (Lipinski definition) is 5. The second-order valence-electron chi connectivity index (χ2n) is 8.52. The van der Waals surface area contributed by atoms with Gasteiger partial charge in [-0.3, -0.25) is 9.59 Å². The zero-order valence-corrected chi connectivity index (χ0v) is 20.0. The third kappa shape index (κ3) is 6.17. The van der Waals surface area contributed by atoms with Crippen molar-refractivity contribution in [3.8, 4) is 0 Å². The lowest BCUT2D eigenvalue weighted by Gasteiger charge is -2.31. The van der Waals surface area contributed by atoms with Crippen LogP contribution in [0, 0.1) is 5.92 Å². The number of nitrogens with zero attached hydrogens (tertiary/aromatic N) is 1. The second kappa shape index (κ2) is 11.0. The van der Waals surface area contributed by atoms with Crippen LogP contribution in [0.5, 0.6) is 0 Å². The molecular weight excluding hydrogens is 479 g/mol. The minimum atomic E-state index is -4.91. The van der Waals surface area contributed by atoms with Crippen molar-refractivity contribution >= 4 is 45.6 Å². The van der Waals surface area contributed by atoms with Crippen molar-refractivity contribution in [1.82, 2.24) is 10.2 Å². The van der Waals surface area contributed by atoms with Crippen LogP contribution in [0.2, 0.25) is 0 Å². The molecule has 4 N–H and O–H groups in total. The fourth-order valence-corrected chi connectivity index (χ4v) is 4.93. The lowest BCUT2D eigenvalue weighted by Crippen LogP contribution is -2.57. The van der Waals surface area contributed by atoms with Gasteiger partial charge < -0.3 is 21.1 Å². The summed E-state index contributed by atoms with van der Waals surface area (Å²) in [4.78, 5) is 27.0. The van der Waals surface area contributed by atoms with E-state index < -0.39 is 42.2 Å². The van der Waals surface area contributed by atoms with Crippen LogP contribution in [0.15, 0.2) is 29.6 Å². The monoisotopic (exact) mass is 507 g/mol. The molecule has 0 radical (unpaired) electrons. The van der Waals surface area contributed by atoms with E-state index in [1.54, 1.807) is 31.4 Å². The van der Waals surface area contributed by atoms with Gasteiger partial charge in [0.2, 0.25) is 11.8 Å². The summed E-state index contributed by atoms with van der Waals surface area (Å²) in [6.07, 6.45) is -6.96. The normalized spacial score (nSPS) is 19.3. The molecule has 3 rings (SSSR count). The molecule has 1 aromatic heterocycles. The van der Waals surface area contributed by atoms with E-state index in [1.165, 1.54) is 16.2 Å². The van der Waals surface area contributed by atoms with E-state index in [2.05, 4.69) is 5.32 Å². The second-order valence-corrected chi connectivity index (χ2v) is 9.43. The van der Waals surface area contributed by atoms with Crippen LogP contribution < -0.4 is 11.1 Å². The molecule has 1 saturated heterocycles. The Kier molecular flexibility index (Phi) is 9.15. The van der Waals surface area contributed by atoms with Crippen LogP contribution >= 0.6 is 23.7 Å². The van der Waals surface area contributed by atoms with Crippen molar-refractivity contribution in [1.29, 1.82) is 0 Å². The number of aliphatic hydroxyl groups excluding tert-OH is 1. The van der Waals surface area contributed by atoms with Gasteiger partial charge in [-0.2, -0.15) is 13.2 Å². The predicted molar refractivity (Wildman–Crippen MR) is 124 cm³/mol. The molecule has 11 heteroatoms. The molecule has 0 spiro atoms. The molecule has 0 saturated carbocycles. The number of rotatable bonds is 7. The SMILES string of the molecule is CC(C)[C@H](N)C(=O)N1CCC[C@H]1C(=O)N[C@@H](Cc1csc2ccccc12)[C@H](O)C(F)(F)F.Cl. The Morgan fingerprint density at radius 1 is 1.30 bits per heavy atom. The fraction of sp³-hybridized carbons (Fsp3) is 0.545. The first-order valence-electron chi connectivity index (χ1n) is 10.6. The summed E-state index contributed by atoms with van der Waals surface area (Å²) in [7, 11) is 0. The molecule has 0 aliphatic carbocycles. The molecule has 0 unspecified atom stereocenters. The molecule has 184 valence electrons. The summed E-state index contributed by atoms with van der Waals surface area (Å²) in [6.45, 7) is 3.89. The summed E-state index contributed by atoms with van der Waals surface area (Å²) >= 11 is 1.39. The number of nitrogens with two attached hydrogens (primary N) is 1. The zero-order valence-electron chi connectivity index (χ0n) is 18.3. The number of aliphatic hydroxyl groups is 1. The highest BCUT2D eigenvalue weighted by Crippen LogP contribution is 2.30. The van der Waals surface area contributed by atoms with E-state index in [4.69, 9.17) is 5.73 Å². The summed E-state index contributed by atoms with van der Waals surface area (Å²) < 4.78 is 41.1. The highest BCUT2D eigenvalue weighted by Gasteiger charge is 2.46. The molecule has 0 bridgehead atoms. The van der Waals surface area contributed by atoms with Gasteiger partial charge in [0.1, 0.15) is 6.04 Å². The maximum atomic E-state index is 13.4. The van der Waals surface area contributed by atoms with Crippen molar-refractivity contribution in [3.05, 3.63) is 35.2 Å². The topological polar surface area (TPSA) is 95.7 Å². The van der Waals surface area contributed by atoms with Gasteiger partial charge >= 0.3 is 6.18 Å². The number of carbonyl (C=O) groups excluding carboxylic acids is 2. The largest absolute Gasteiger partial charge is 0.416 e. The van der Waals surface area contributed by atoms with Crippen LogP contribution in [-0.2, 0) is 16.0 Å². The average molecular weight is 508 g/mol. The number of carbonyl (C=O) groups is 2. The first-order valence-corrected chi connectivity index (χ1v) is 11.4. The Morgan fingerprint density at radius 2 is 1.97 bits per heavy atom. The molecule has 2 amide bonds. The zero-order chi connectivity index (χ0) is 23.6. The van der Waals surface area contributed by atoms with Crippen LogP contribution in [0.4, 0.5) is 13.2 Å². The Morgan fingerprint density at radius 3 is 2.61 bits per heavy atom. The minimum Gasteiger partial charge on any atom is -0.382 e. The number of amides is 2. The van der Waals surface area contributed by atoms with E-state index in [9.17, 15) is 27.9 Å². The van der Waals surface area contributed by atoms with Gasteiger partial charge in [0, 0.05) is 11.2 Å². The van der Waals surface area contributed by atoms with Crippen LogP contribution in [0.3, 0.4) is 0 Å². The van der Waals surface area contributed by atoms with E-state index in [1.807, 2.05) is 12.1 Å². The third-order valence-corrected chi connectivity index (χ3v) is 6.90. The third-order valence-electron chi connectivity index (χ3n) is 5.89. The van der Waals surface area contributed by atoms with Gasteiger partial charge in [0.25, 0.3) is 0 Å². The first-order chi connectivity index (χ1) is 15.0. The predicted octanol–water partition coefficient (Wildman–Crippen LogP) is 3.25. The Labute approximate surface area is 200 Å². The van der Waals surface area contributed by atoms with Crippen molar-refractivity contribution in [2.24, 2.45) is 11.7 Å². The summed E-state index contributed by atoms with van der Waals surface area (Å²) in [5.41, 5.74) is 6.55. The number of nitrogens with one attached hydrogen (secondary N) is 1. The van der Waals surface area contributed by atoms with Crippen molar-refractivity contribution in [2.75, 3.05) is 6.54 Å². The number of benzene rings is 1. The summed E-state index contributed by atoms with van der Waals surface area (Å²) in [5, 5.41) is 14.9. The first kappa shape index (κ1) is 27.4. The molecule has 1 aromatic carbocycles. The van der Waals surface area contributed by atoms with Crippen LogP contribution in [0.1, 0.15) is 32.3 Å².